The van der Waals surface area contributed by atoms with Gasteiger partial charge in [-0.2, -0.15) is 0 Å². The standard InChI is InChI=1S/C15H14ClN3O4S.C8H9NO5.K/c16-8-6-24-14-10(13(21)19(14)11(8)15(22)23)18-12(20)9(17)7-4-2-1-3-5-7;10-2-1-4-7(8(12)13)9-5(11)3-6(9)14-4;/h1-5,9-10,14H,6,17H2,(H,18,20)(H,22,23);1,6-7,10H,2-3H2,(H,12,13);/q;;+1/p-1/b;4-1-;/t9-,10-,14-;6-,7-;/m11./s1. The largest absolute Gasteiger partial charge is 1.00 e. The van der Waals surface area contributed by atoms with Crippen LogP contribution in [-0.4, -0.2) is 85.7 Å². The molecular formula is C23H22ClKN4O9S. The van der Waals surface area contributed by atoms with E-state index in [1.165, 1.54) is 17.8 Å². The number of carbonyl (C=O) groups excluding carboxylic acids is 4. The van der Waals surface area contributed by atoms with Crippen LogP contribution in [0.5, 0.6) is 0 Å². The van der Waals surface area contributed by atoms with Crippen molar-refractivity contribution in [3.63, 3.8) is 0 Å². The zero-order chi connectivity index (χ0) is 27.7. The first kappa shape index (κ1) is 31.6. The quantitative estimate of drug-likeness (QED) is 0.179. The third-order valence-electron chi connectivity index (χ3n) is 6.15. The van der Waals surface area contributed by atoms with Crippen molar-refractivity contribution in [3.8, 4) is 0 Å². The molecule has 0 radical (unpaired) electrons. The van der Waals surface area contributed by atoms with Crippen molar-refractivity contribution < 1.29 is 95.4 Å². The first-order valence-corrected chi connectivity index (χ1v) is 12.7. The number of fused-ring (bicyclic) bond motifs is 2. The number of amides is 3. The Hall–Kier alpha value is -1.95. The van der Waals surface area contributed by atoms with Gasteiger partial charge in [0.05, 0.1) is 24.0 Å². The second kappa shape index (κ2) is 13.1. The van der Waals surface area contributed by atoms with Gasteiger partial charge in [-0.25, -0.2) is 4.79 Å². The maximum absolute atomic E-state index is 12.3. The van der Waals surface area contributed by atoms with Crippen LogP contribution in [0.15, 0.2) is 52.9 Å². The van der Waals surface area contributed by atoms with E-state index in [2.05, 4.69) is 5.32 Å². The summed E-state index contributed by atoms with van der Waals surface area (Å²) in [4.78, 5) is 59.8. The number of aliphatic carboxylic acids is 2. The summed E-state index contributed by atoms with van der Waals surface area (Å²) in [6.07, 6.45) is 0.918. The topological polar surface area (TPSA) is 203 Å². The number of carboxylic acids is 2. The number of thioether (sulfide) groups is 1. The van der Waals surface area contributed by atoms with E-state index in [4.69, 9.17) is 27.2 Å². The maximum Gasteiger partial charge on any atom is 1.00 e. The fourth-order valence-electron chi connectivity index (χ4n) is 4.28. The van der Waals surface area contributed by atoms with Gasteiger partial charge in [0.15, 0.2) is 6.23 Å². The molecule has 3 amide bonds. The zero-order valence-corrected chi connectivity index (χ0v) is 25.2. The Labute approximate surface area is 273 Å². The Kier molecular flexibility index (Phi) is 10.6. The van der Waals surface area contributed by atoms with Crippen LogP contribution < -0.4 is 67.5 Å². The number of rotatable bonds is 6. The second-order valence-electron chi connectivity index (χ2n) is 8.43. The monoisotopic (exact) mass is 604 g/mol. The Morgan fingerprint density at radius 2 is 1.95 bits per heavy atom. The van der Waals surface area contributed by atoms with E-state index < -0.39 is 53.5 Å². The van der Waals surface area contributed by atoms with Crippen molar-refractivity contribution in [2.45, 2.75) is 36.1 Å². The summed E-state index contributed by atoms with van der Waals surface area (Å²) in [5.41, 5.74) is 6.32. The van der Waals surface area contributed by atoms with Gasteiger partial charge in [0, 0.05) is 5.75 Å². The van der Waals surface area contributed by atoms with Gasteiger partial charge in [-0.3, -0.25) is 24.2 Å². The molecule has 3 saturated heterocycles. The van der Waals surface area contributed by atoms with E-state index >= 15 is 0 Å². The summed E-state index contributed by atoms with van der Waals surface area (Å²) < 4.78 is 5.13. The number of hydrogen-bond donors (Lipinski definition) is 4. The molecule has 0 saturated carbocycles. The van der Waals surface area contributed by atoms with Crippen LogP contribution in [-0.2, 0) is 28.7 Å². The molecule has 0 aromatic heterocycles. The second-order valence-corrected chi connectivity index (χ2v) is 9.99. The number of aliphatic hydroxyl groups is 1. The van der Waals surface area contributed by atoms with E-state index in [1.54, 1.807) is 24.3 Å². The molecule has 5 rings (SSSR count). The van der Waals surface area contributed by atoms with Gasteiger partial charge in [-0.15, -0.1) is 11.8 Å². The van der Waals surface area contributed by atoms with Crippen molar-refractivity contribution in [2.75, 3.05) is 12.4 Å². The van der Waals surface area contributed by atoms with Gasteiger partial charge in [-0.05, 0) is 11.6 Å². The first-order chi connectivity index (χ1) is 18.1. The van der Waals surface area contributed by atoms with Crippen molar-refractivity contribution in [2.24, 2.45) is 5.73 Å². The van der Waals surface area contributed by atoms with Crippen molar-refractivity contribution in [1.82, 2.24) is 15.1 Å². The predicted octanol–water partition coefficient (Wildman–Crippen LogP) is -4.80. The molecule has 13 nitrogen and oxygen atoms in total. The normalized spacial score (nSPS) is 26.5. The molecule has 5 atom stereocenters. The predicted molar refractivity (Wildman–Crippen MR) is 129 cm³/mol. The Balaban J connectivity index is 0.000000239. The van der Waals surface area contributed by atoms with Crippen LogP contribution in [0.4, 0.5) is 0 Å². The van der Waals surface area contributed by atoms with Gasteiger partial charge in [0.1, 0.15) is 35.0 Å². The van der Waals surface area contributed by atoms with E-state index in [1.807, 2.05) is 6.07 Å². The van der Waals surface area contributed by atoms with Gasteiger partial charge in [0.2, 0.25) is 11.8 Å². The number of β-lactam (4-membered cyclic amide) rings is 2. The van der Waals surface area contributed by atoms with Gasteiger partial charge in [0.25, 0.3) is 5.91 Å². The average Bonchev–Trinajstić information content (AvgIpc) is 3.19. The first-order valence-electron chi connectivity index (χ1n) is 11.2. The Morgan fingerprint density at radius 1 is 1.28 bits per heavy atom. The number of nitrogens with one attached hydrogen (secondary N) is 1. The van der Waals surface area contributed by atoms with E-state index in [-0.39, 0.29) is 92.6 Å². The molecule has 1 aromatic carbocycles. The molecule has 3 fully saturated rings. The average molecular weight is 605 g/mol. The number of halogens is 1. The summed E-state index contributed by atoms with van der Waals surface area (Å²) in [6.45, 7) is -0.326. The fraction of sp³-hybridized carbons (Fsp3) is 0.348. The van der Waals surface area contributed by atoms with Crippen LogP contribution in [0.2, 0.25) is 0 Å². The van der Waals surface area contributed by atoms with Crippen LogP contribution >= 0.6 is 23.4 Å². The van der Waals surface area contributed by atoms with Gasteiger partial charge in [-0.1, -0.05) is 41.9 Å². The summed E-state index contributed by atoms with van der Waals surface area (Å²) in [5.74, 6) is -3.55. The third-order valence-corrected chi connectivity index (χ3v) is 7.90. The van der Waals surface area contributed by atoms with Crippen LogP contribution in [0.1, 0.15) is 18.0 Å². The minimum absolute atomic E-state index is 0. The number of carbonyl (C=O) groups is 5. The molecular weight excluding hydrogens is 583 g/mol. The number of benzene rings is 1. The third kappa shape index (κ3) is 6.21. The summed E-state index contributed by atoms with van der Waals surface area (Å²) >= 11 is 7.20. The molecule has 1 aromatic rings. The molecule has 0 aliphatic carbocycles. The summed E-state index contributed by atoms with van der Waals surface area (Å²) in [7, 11) is 0. The molecule has 39 heavy (non-hydrogen) atoms. The molecule has 0 bridgehead atoms. The van der Waals surface area contributed by atoms with Crippen molar-refractivity contribution in [1.29, 1.82) is 0 Å². The van der Waals surface area contributed by atoms with Crippen molar-refractivity contribution >= 4 is 53.0 Å². The summed E-state index contributed by atoms with van der Waals surface area (Å²) in [6, 6.07) is 5.90. The smallest absolute Gasteiger partial charge is 0.547 e. The van der Waals surface area contributed by atoms with E-state index in [0.29, 0.717) is 5.56 Å². The van der Waals surface area contributed by atoms with Gasteiger partial charge < -0.3 is 35.9 Å². The maximum atomic E-state index is 12.3. The number of aliphatic hydroxyl groups excluding tert-OH is 1. The van der Waals surface area contributed by atoms with E-state index in [9.17, 15) is 34.2 Å². The molecule has 0 unspecified atom stereocenters. The number of ether oxygens (including phenoxy) is 1. The number of nitrogens with two attached hydrogens (primary N) is 1. The SMILES string of the molecule is N[C@@H](C(=O)N[C@@H]1C(=O)N2C(C(=O)O)=C(Cl)CS[C@H]12)c1ccccc1.O=C([O-])[C@H]1/C(=C/CO)O[C@@H]2CC(=O)N21.[K+]. The molecule has 4 aliphatic heterocycles. The Bertz CT molecular complexity index is 1250. The zero-order valence-electron chi connectivity index (χ0n) is 20.5. The Morgan fingerprint density at radius 3 is 2.51 bits per heavy atom. The number of carboxylic acid groups (broad SMARTS) is 2. The minimum Gasteiger partial charge on any atom is -0.547 e. The fourth-order valence-corrected chi connectivity index (χ4v) is 5.83. The molecule has 5 N–H and O–H groups in total. The van der Waals surface area contributed by atoms with Crippen LogP contribution in [0, 0.1) is 0 Å². The van der Waals surface area contributed by atoms with E-state index in [0.717, 1.165) is 9.80 Å². The van der Waals surface area contributed by atoms with Crippen LogP contribution in [0.3, 0.4) is 0 Å². The molecule has 202 valence electrons. The number of hydrogen-bond acceptors (Lipinski definition) is 10. The molecule has 16 heteroatoms. The van der Waals surface area contributed by atoms with Crippen molar-refractivity contribution in [3.05, 3.63) is 58.5 Å². The summed E-state index contributed by atoms with van der Waals surface area (Å²) in [5, 5.41) is 30.8. The minimum atomic E-state index is -1.39. The van der Waals surface area contributed by atoms with Gasteiger partial charge >= 0.3 is 57.4 Å². The van der Waals surface area contributed by atoms with Crippen LogP contribution in [0.25, 0.3) is 0 Å². The number of nitrogens with zero attached hydrogens (tertiary/aromatic N) is 2. The molecule has 4 aliphatic rings. The molecule has 0 spiro atoms. The molecule has 4 heterocycles.